The third-order valence-electron chi connectivity index (χ3n) is 5.26. The second-order valence-corrected chi connectivity index (χ2v) is 8.42. The van der Waals surface area contributed by atoms with Crippen molar-refractivity contribution >= 4 is 17.7 Å². The van der Waals surface area contributed by atoms with Gasteiger partial charge in [0.05, 0.1) is 12.3 Å². The highest BCUT2D eigenvalue weighted by Crippen LogP contribution is 2.35. The summed E-state index contributed by atoms with van der Waals surface area (Å²) < 4.78 is 5.68. The number of benzene rings is 2. The van der Waals surface area contributed by atoms with Gasteiger partial charge in [-0.1, -0.05) is 48.5 Å². The lowest BCUT2D eigenvalue weighted by atomic mass is 10.1. The fourth-order valence-corrected chi connectivity index (χ4v) is 4.84. The molecule has 1 aliphatic heterocycles. The van der Waals surface area contributed by atoms with Gasteiger partial charge in [0, 0.05) is 11.4 Å². The van der Waals surface area contributed by atoms with E-state index in [9.17, 15) is 4.79 Å². The van der Waals surface area contributed by atoms with Crippen LogP contribution in [0.5, 0.6) is 0 Å². The smallest absolute Gasteiger partial charge is 0.238 e. The summed E-state index contributed by atoms with van der Waals surface area (Å²) in [4.78, 5) is 16.7. The van der Waals surface area contributed by atoms with E-state index in [-0.39, 0.29) is 17.2 Å². The molecule has 0 aliphatic carbocycles. The summed E-state index contributed by atoms with van der Waals surface area (Å²) in [6.45, 7) is 2.63. The van der Waals surface area contributed by atoms with Crippen LogP contribution in [0.1, 0.15) is 35.5 Å². The summed E-state index contributed by atoms with van der Waals surface area (Å²) in [5.74, 6) is 0.944. The molecular weight excluding hydrogens is 380 g/mol. The van der Waals surface area contributed by atoms with E-state index in [1.54, 1.807) is 18.0 Å². The van der Waals surface area contributed by atoms with Crippen LogP contribution < -0.4 is 5.32 Å². The summed E-state index contributed by atoms with van der Waals surface area (Å²) in [6.07, 6.45) is 4.10. The third kappa shape index (κ3) is 5.11. The van der Waals surface area contributed by atoms with E-state index in [4.69, 9.17) is 4.42 Å². The first-order valence-corrected chi connectivity index (χ1v) is 11.0. The number of furan rings is 1. The topological polar surface area (TPSA) is 45.5 Å². The van der Waals surface area contributed by atoms with Gasteiger partial charge in [0.15, 0.2) is 0 Å². The third-order valence-corrected chi connectivity index (χ3v) is 6.53. The standard InChI is InChI=1S/C24H26N2O2S/c27-24(25-18-21(22-14-9-17-28-22)26-15-7-8-16-26)23(19-10-3-1-4-11-19)29-20-12-5-2-6-13-20/h1-6,9-14,17,21,23H,7-8,15-16,18H2,(H,25,27). The van der Waals surface area contributed by atoms with Crippen molar-refractivity contribution < 1.29 is 9.21 Å². The number of likely N-dealkylation sites (tertiary alicyclic amines) is 1. The van der Waals surface area contributed by atoms with E-state index in [0.29, 0.717) is 6.54 Å². The van der Waals surface area contributed by atoms with Gasteiger partial charge in [0.25, 0.3) is 0 Å². The summed E-state index contributed by atoms with van der Waals surface area (Å²) in [5, 5.41) is 2.91. The molecule has 5 heteroatoms. The molecule has 29 heavy (non-hydrogen) atoms. The molecule has 2 aromatic carbocycles. The number of rotatable bonds is 8. The van der Waals surface area contributed by atoms with Crippen LogP contribution in [0.25, 0.3) is 0 Å². The Hall–Kier alpha value is -2.50. The Balaban J connectivity index is 1.49. The Morgan fingerprint density at radius 3 is 2.31 bits per heavy atom. The minimum absolute atomic E-state index is 0.0285. The molecular formula is C24H26N2O2S. The summed E-state index contributed by atoms with van der Waals surface area (Å²) in [7, 11) is 0. The fourth-order valence-electron chi connectivity index (χ4n) is 3.77. The van der Waals surface area contributed by atoms with Crippen LogP contribution in [0.3, 0.4) is 0 Å². The Labute approximate surface area is 176 Å². The predicted octanol–water partition coefficient (Wildman–Crippen LogP) is 5.07. The maximum atomic E-state index is 13.3. The van der Waals surface area contributed by atoms with Crippen LogP contribution in [-0.4, -0.2) is 30.4 Å². The molecule has 4 rings (SSSR count). The number of carbonyl (C=O) groups is 1. The molecule has 1 fully saturated rings. The molecule has 1 amide bonds. The highest BCUT2D eigenvalue weighted by atomic mass is 32.2. The van der Waals surface area contributed by atoms with Gasteiger partial charge < -0.3 is 9.73 Å². The number of nitrogens with one attached hydrogen (secondary N) is 1. The van der Waals surface area contributed by atoms with Gasteiger partial charge in [0.2, 0.25) is 5.91 Å². The monoisotopic (exact) mass is 406 g/mol. The van der Waals surface area contributed by atoms with E-state index >= 15 is 0 Å². The minimum Gasteiger partial charge on any atom is -0.468 e. The Kier molecular flexibility index (Phi) is 6.70. The number of hydrogen-bond acceptors (Lipinski definition) is 4. The molecule has 1 saturated heterocycles. The van der Waals surface area contributed by atoms with E-state index < -0.39 is 0 Å². The maximum absolute atomic E-state index is 13.3. The van der Waals surface area contributed by atoms with Crippen LogP contribution >= 0.6 is 11.8 Å². The quantitative estimate of drug-likeness (QED) is 0.531. The van der Waals surface area contributed by atoms with Gasteiger partial charge in [-0.15, -0.1) is 11.8 Å². The zero-order valence-corrected chi connectivity index (χ0v) is 17.2. The van der Waals surface area contributed by atoms with Crippen molar-refractivity contribution in [1.29, 1.82) is 0 Å². The van der Waals surface area contributed by atoms with Crippen molar-refractivity contribution in [2.45, 2.75) is 29.0 Å². The molecule has 0 radical (unpaired) electrons. The molecule has 0 bridgehead atoms. The molecule has 1 aliphatic rings. The van der Waals surface area contributed by atoms with Crippen molar-refractivity contribution in [3.63, 3.8) is 0 Å². The molecule has 0 spiro atoms. The van der Waals surface area contributed by atoms with Gasteiger partial charge in [-0.05, 0) is 55.8 Å². The average Bonchev–Trinajstić information content (AvgIpc) is 3.48. The van der Waals surface area contributed by atoms with Gasteiger partial charge in [0.1, 0.15) is 11.0 Å². The van der Waals surface area contributed by atoms with E-state index in [1.807, 2.05) is 72.8 Å². The highest BCUT2D eigenvalue weighted by molar-refractivity contribution is 8.00. The first-order chi connectivity index (χ1) is 14.3. The van der Waals surface area contributed by atoms with Gasteiger partial charge in [-0.3, -0.25) is 9.69 Å². The Bertz CT molecular complexity index is 878. The average molecular weight is 407 g/mol. The molecule has 4 nitrogen and oxygen atoms in total. The van der Waals surface area contributed by atoms with Crippen LogP contribution in [0.4, 0.5) is 0 Å². The Morgan fingerprint density at radius 2 is 1.66 bits per heavy atom. The zero-order chi connectivity index (χ0) is 19.9. The lowest BCUT2D eigenvalue weighted by Crippen LogP contribution is -2.38. The maximum Gasteiger partial charge on any atom is 0.238 e. The van der Waals surface area contributed by atoms with Crippen molar-refractivity contribution in [3.05, 3.63) is 90.4 Å². The second-order valence-electron chi connectivity index (χ2n) is 7.24. The molecule has 2 heterocycles. The second kappa shape index (κ2) is 9.81. The lowest BCUT2D eigenvalue weighted by molar-refractivity contribution is -0.120. The van der Waals surface area contributed by atoms with Crippen LogP contribution in [-0.2, 0) is 4.79 Å². The summed E-state index contributed by atoms with van der Waals surface area (Å²) >= 11 is 1.58. The predicted molar refractivity (Wildman–Crippen MR) is 117 cm³/mol. The highest BCUT2D eigenvalue weighted by Gasteiger charge is 2.28. The van der Waals surface area contributed by atoms with E-state index in [0.717, 1.165) is 29.3 Å². The van der Waals surface area contributed by atoms with Gasteiger partial charge >= 0.3 is 0 Å². The van der Waals surface area contributed by atoms with Gasteiger partial charge in [-0.2, -0.15) is 0 Å². The molecule has 3 aromatic rings. The summed E-state index contributed by atoms with van der Waals surface area (Å²) in [6, 6.07) is 24.1. The van der Waals surface area contributed by atoms with E-state index in [2.05, 4.69) is 10.2 Å². The number of hydrogen-bond donors (Lipinski definition) is 1. The van der Waals surface area contributed by atoms with Crippen LogP contribution in [0.15, 0.2) is 88.4 Å². The first kappa shape index (κ1) is 19.8. The number of nitrogens with zero attached hydrogens (tertiary/aromatic N) is 1. The van der Waals surface area contributed by atoms with E-state index in [1.165, 1.54) is 12.8 Å². The normalized spacial score (nSPS) is 16.4. The molecule has 150 valence electrons. The lowest BCUT2D eigenvalue weighted by Gasteiger charge is -2.27. The summed E-state index contributed by atoms with van der Waals surface area (Å²) in [5.41, 5.74) is 1.01. The SMILES string of the molecule is O=C(NCC(c1ccco1)N1CCCC1)C(Sc1ccccc1)c1ccccc1. The number of carbonyl (C=O) groups excluding carboxylic acids is 1. The minimum atomic E-state index is -0.297. The first-order valence-electron chi connectivity index (χ1n) is 10.1. The fraction of sp³-hybridized carbons (Fsp3) is 0.292. The number of thioether (sulfide) groups is 1. The number of amides is 1. The molecule has 0 saturated carbocycles. The molecule has 2 atom stereocenters. The molecule has 2 unspecified atom stereocenters. The Morgan fingerprint density at radius 1 is 0.966 bits per heavy atom. The van der Waals surface area contributed by atoms with Crippen molar-refractivity contribution in [2.75, 3.05) is 19.6 Å². The van der Waals surface area contributed by atoms with Crippen molar-refractivity contribution in [1.82, 2.24) is 10.2 Å². The zero-order valence-electron chi connectivity index (χ0n) is 16.4. The molecule has 1 N–H and O–H groups in total. The van der Waals surface area contributed by atoms with Crippen LogP contribution in [0, 0.1) is 0 Å². The van der Waals surface area contributed by atoms with Crippen LogP contribution in [0.2, 0.25) is 0 Å². The molecule has 1 aromatic heterocycles. The van der Waals surface area contributed by atoms with Crippen molar-refractivity contribution in [2.24, 2.45) is 0 Å². The largest absolute Gasteiger partial charge is 0.468 e. The van der Waals surface area contributed by atoms with Gasteiger partial charge in [-0.25, -0.2) is 0 Å². The van der Waals surface area contributed by atoms with Crippen molar-refractivity contribution in [3.8, 4) is 0 Å².